The average Bonchev–Trinajstić information content (AvgIpc) is 1.99. The van der Waals surface area contributed by atoms with E-state index in [1.54, 1.807) is 5.32 Å². The Kier molecular flexibility index (Phi) is 4.53. The number of amides is 2. The molecule has 0 radical (unpaired) electrons. The van der Waals surface area contributed by atoms with Crippen LogP contribution in [-0.4, -0.2) is 36.5 Å². The molecular weight excluding hydrogens is 189 g/mol. The number of hydrogen-bond donors (Lipinski definition) is 3. The Labute approximate surface area is 73.1 Å². The lowest BCUT2D eigenvalue weighted by Crippen LogP contribution is -2.45. The molecule has 7 heteroatoms. The molecule has 1 atom stereocenters. The predicted molar refractivity (Wildman–Crippen MR) is 39.1 cm³/mol. The van der Waals surface area contributed by atoms with E-state index >= 15 is 0 Å². The number of carbonyl (C=O) groups excluding carboxylic acids is 1. The second-order valence-electron chi connectivity index (χ2n) is 2.53. The van der Waals surface area contributed by atoms with Crippen LogP contribution in [-0.2, 0) is 0 Å². The van der Waals surface area contributed by atoms with Crippen LogP contribution >= 0.6 is 0 Å². The fourth-order valence-electron chi connectivity index (χ4n) is 0.501. The van der Waals surface area contributed by atoms with E-state index in [2.05, 4.69) is 5.32 Å². The highest BCUT2D eigenvalue weighted by molar-refractivity contribution is 5.74. The molecule has 0 bridgehead atoms. The van der Waals surface area contributed by atoms with Crippen LogP contribution < -0.4 is 10.6 Å². The topological polar surface area (TPSA) is 61.4 Å². The molecule has 3 N–H and O–H groups in total. The van der Waals surface area contributed by atoms with Gasteiger partial charge in [0.25, 0.3) is 0 Å². The Balaban J connectivity index is 3.64. The van der Waals surface area contributed by atoms with Gasteiger partial charge in [-0.3, -0.25) is 0 Å². The number of hydrogen-bond acceptors (Lipinski definition) is 2. The summed E-state index contributed by atoms with van der Waals surface area (Å²) in [6.07, 6.45) is -4.42. The minimum atomic E-state index is -4.42. The van der Waals surface area contributed by atoms with Crippen LogP contribution in [0.15, 0.2) is 0 Å². The SMILES string of the molecule is CC(CO)NC(=O)NCC(F)(F)F. The standard InChI is InChI=1S/C6H11F3N2O2/c1-4(2-12)11-5(13)10-3-6(7,8)9/h4,12H,2-3H2,1H3,(H2,10,11,13). The van der Waals surface area contributed by atoms with Crippen LogP contribution in [0.25, 0.3) is 0 Å². The molecule has 2 amide bonds. The highest BCUT2D eigenvalue weighted by Gasteiger charge is 2.27. The fourth-order valence-corrected chi connectivity index (χ4v) is 0.501. The van der Waals surface area contributed by atoms with Gasteiger partial charge in [0.2, 0.25) is 0 Å². The summed E-state index contributed by atoms with van der Waals surface area (Å²) < 4.78 is 34.6. The van der Waals surface area contributed by atoms with E-state index in [9.17, 15) is 18.0 Å². The zero-order chi connectivity index (χ0) is 10.5. The first-order valence-electron chi connectivity index (χ1n) is 3.57. The number of aliphatic hydroxyl groups is 1. The van der Waals surface area contributed by atoms with Gasteiger partial charge in [-0.05, 0) is 6.92 Å². The summed E-state index contributed by atoms with van der Waals surface area (Å²) >= 11 is 0. The lowest BCUT2D eigenvalue weighted by Gasteiger charge is -2.12. The van der Waals surface area contributed by atoms with E-state index in [0.29, 0.717) is 0 Å². The molecule has 78 valence electrons. The maximum atomic E-state index is 11.5. The van der Waals surface area contributed by atoms with Crippen LogP contribution in [0.1, 0.15) is 6.92 Å². The first kappa shape index (κ1) is 12.0. The van der Waals surface area contributed by atoms with Crippen LogP contribution in [0.5, 0.6) is 0 Å². The Morgan fingerprint density at radius 1 is 1.54 bits per heavy atom. The van der Waals surface area contributed by atoms with E-state index in [0.717, 1.165) is 0 Å². The van der Waals surface area contributed by atoms with Gasteiger partial charge in [-0.1, -0.05) is 0 Å². The molecule has 0 saturated carbocycles. The minimum absolute atomic E-state index is 0.320. The summed E-state index contributed by atoms with van der Waals surface area (Å²) in [5, 5.41) is 12.2. The van der Waals surface area contributed by atoms with Crippen LogP contribution in [0.2, 0.25) is 0 Å². The van der Waals surface area contributed by atoms with E-state index in [1.807, 2.05) is 0 Å². The minimum Gasteiger partial charge on any atom is -0.394 e. The third-order valence-electron chi connectivity index (χ3n) is 1.10. The van der Waals surface area contributed by atoms with Gasteiger partial charge in [0.15, 0.2) is 0 Å². The lowest BCUT2D eigenvalue weighted by molar-refractivity contribution is -0.122. The van der Waals surface area contributed by atoms with Crippen molar-refractivity contribution in [3.05, 3.63) is 0 Å². The number of nitrogens with one attached hydrogen (secondary N) is 2. The number of aliphatic hydroxyl groups excluding tert-OH is 1. The normalized spacial score (nSPS) is 13.6. The molecule has 0 spiro atoms. The van der Waals surface area contributed by atoms with Crippen LogP contribution in [0.3, 0.4) is 0 Å². The number of urea groups is 1. The van der Waals surface area contributed by atoms with Crippen molar-refractivity contribution in [1.82, 2.24) is 10.6 Å². The quantitative estimate of drug-likeness (QED) is 0.610. The highest BCUT2D eigenvalue weighted by Crippen LogP contribution is 2.11. The molecule has 0 rings (SSSR count). The number of alkyl halides is 3. The maximum absolute atomic E-state index is 11.5. The molecular formula is C6H11F3N2O2. The molecule has 1 unspecified atom stereocenters. The first-order valence-corrected chi connectivity index (χ1v) is 3.57. The van der Waals surface area contributed by atoms with Gasteiger partial charge in [-0.2, -0.15) is 13.2 Å². The van der Waals surface area contributed by atoms with Gasteiger partial charge in [0.1, 0.15) is 6.54 Å². The highest BCUT2D eigenvalue weighted by atomic mass is 19.4. The van der Waals surface area contributed by atoms with Crippen molar-refractivity contribution in [1.29, 1.82) is 0 Å². The van der Waals surface area contributed by atoms with E-state index < -0.39 is 24.8 Å². The van der Waals surface area contributed by atoms with Gasteiger partial charge in [0.05, 0.1) is 12.6 Å². The molecule has 0 heterocycles. The Bertz CT molecular complexity index is 172. The van der Waals surface area contributed by atoms with Crippen LogP contribution in [0.4, 0.5) is 18.0 Å². The second kappa shape index (κ2) is 4.90. The molecule has 13 heavy (non-hydrogen) atoms. The fraction of sp³-hybridized carbons (Fsp3) is 0.833. The Morgan fingerprint density at radius 2 is 2.08 bits per heavy atom. The van der Waals surface area contributed by atoms with Crippen molar-refractivity contribution in [2.45, 2.75) is 19.1 Å². The summed E-state index contributed by atoms with van der Waals surface area (Å²) in [5.41, 5.74) is 0. The van der Waals surface area contributed by atoms with E-state index in [4.69, 9.17) is 5.11 Å². The molecule has 0 aromatic carbocycles. The number of rotatable bonds is 3. The van der Waals surface area contributed by atoms with Crippen molar-refractivity contribution >= 4 is 6.03 Å². The smallest absolute Gasteiger partial charge is 0.394 e. The molecule has 0 aliphatic heterocycles. The summed E-state index contributed by atoms with van der Waals surface area (Å²) in [6, 6.07) is -1.51. The van der Waals surface area contributed by atoms with Gasteiger partial charge < -0.3 is 15.7 Å². The zero-order valence-corrected chi connectivity index (χ0v) is 6.98. The third kappa shape index (κ3) is 7.38. The maximum Gasteiger partial charge on any atom is 0.405 e. The average molecular weight is 200 g/mol. The Hall–Kier alpha value is -0.980. The monoisotopic (exact) mass is 200 g/mol. The summed E-state index contributed by atoms with van der Waals surface area (Å²) in [5.74, 6) is 0. The van der Waals surface area contributed by atoms with Gasteiger partial charge in [-0.25, -0.2) is 4.79 Å². The summed E-state index contributed by atoms with van der Waals surface area (Å²) in [7, 11) is 0. The molecule has 0 aromatic heterocycles. The van der Waals surface area contributed by atoms with Crippen molar-refractivity contribution in [3.63, 3.8) is 0 Å². The van der Waals surface area contributed by atoms with Crippen LogP contribution in [0, 0.1) is 0 Å². The molecule has 0 saturated heterocycles. The number of carbonyl (C=O) groups is 1. The molecule has 0 aliphatic carbocycles. The number of halogens is 3. The van der Waals surface area contributed by atoms with E-state index in [1.165, 1.54) is 6.92 Å². The third-order valence-corrected chi connectivity index (χ3v) is 1.10. The lowest BCUT2D eigenvalue weighted by atomic mass is 10.4. The predicted octanol–water partition coefficient (Wildman–Crippen LogP) is 0.229. The summed E-state index contributed by atoms with van der Waals surface area (Å²) in [6.45, 7) is -0.233. The molecule has 0 fully saturated rings. The van der Waals surface area contributed by atoms with Crippen molar-refractivity contribution in [2.24, 2.45) is 0 Å². The van der Waals surface area contributed by atoms with Gasteiger partial charge in [-0.15, -0.1) is 0 Å². The molecule has 0 aliphatic rings. The van der Waals surface area contributed by atoms with Gasteiger partial charge in [0, 0.05) is 0 Å². The summed E-state index contributed by atoms with van der Waals surface area (Å²) in [4.78, 5) is 10.6. The van der Waals surface area contributed by atoms with Crippen molar-refractivity contribution in [2.75, 3.05) is 13.2 Å². The van der Waals surface area contributed by atoms with Gasteiger partial charge >= 0.3 is 12.2 Å². The second-order valence-corrected chi connectivity index (χ2v) is 2.53. The Morgan fingerprint density at radius 3 is 2.46 bits per heavy atom. The molecule has 0 aromatic rings. The van der Waals surface area contributed by atoms with Crippen molar-refractivity contribution in [3.8, 4) is 0 Å². The molecule has 4 nitrogen and oxygen atoms in total. The van der Waals surface area contributed by atoms with E-state index in [-0.39, 0.29) is 6.61 Å². The van der Waals surface area contributed by atoms with Crippen molar-refractivity contribution < 1.29 is 23.1 Å². The first-order chi connectivity index (χ1) is 5.85. The largest absolute Gasteiger partial charge is 0.405 e. The zero-order valence-electron chi connectivity index (χ0n) is 6.98.